The molecule has 1 rings (SSSR count). The van der Waals surface area contributed by atoms with Crippen molar-refractivity contribution in [3.63, 3.8) is 0 Å². The van der Waals surface area contributed by atoms with Gasteiger partial charge in [0.1, 0.15) is 0 Å². The zero-order chi connectivity index (χ0) is 10.6. The number of hydrogen-bond donors (Lipinski definition) is 3. The number of amides is 1. The van der Waals surface area contributed by atoms with Gasteiger partial charge in [-0.25, -0.2) is 0 Å². The molecule has 0 saturated heterocycles. The molecule has 0 atom stereocenters. The van der Waals surface area contributed by atoms with E-state index in [1.165, 1.54) is 5.56 Å². The van der Waals surface area contributed by atoms with Gasteiger partial charge in [-0.2, -0.15) is 0 Å². The molecule has 0 fully saturated rings. The van der Waals surface area contributed by atoms with Crippen LogP contribution in [-0.2, 0) is 11.3 Å². The van der Waals surface area contributed by atoms with Crippen LogP contribution in [0.2, 0.25) is 0 Å². The number of carbonyl (C=O) groups excluding carboxylic acids is 1. The van der Waals surface area contributed by atoms with Crippen molar-refractivity contribution in [2.75, 3.05) is 0 Å². The van der Waals surface area contributed by atoms with Crippen molar-refractivity contribution in [2.45, 2.75) is 32.4 Å². The van der Waals surface area contributed by atoms with Gasteiger partial charge in [-0.05, 0) is 25.5 Å². The maximum Gasteiger partial charge on any atom is 0.219 e. The number of rotatable bonds is 5. The molecule has 14 heavy (non-hydrogen) atoms. The van der Waals surface area contributed by atoms with Crippen LogP contribution in [0.4, 0.5) is 0 Å². The van der Waals surface area contributed by atoms with E-state index in [4.69, 9.17) is 5.73 Å². The number of aromatic nitrogens is 1. The van der Waals surface area contributed by atoms with E-state index in [1.54, 1.807) is 0 Å². The summed E-state index contributed by atoms with van der Waals surface area (Å²) in [5.41, 5.74) is 6.06. The number of H-pyrrole nitrogens is 1. The van der Waals surface area contributed by atoms with Crippen molar-refractivity contribution in [1.82, 2.24) is 10.3 Å². The maximum atomic E-state index is 10.8. The van der Waals surface area contributed by atoms with Crippen LogP contribution < -0.4 is 11.1 Å². The lowest BCUT2D eigenvalue weighted by Crippen LogP contribution is -2.42. The molecule has 1 amide bonds. The fourth-order valence-electron chi connectivity index (χ4n) is 1.31. The Kier molecular flexibility index (Phi) is 3.30. The molecule has 0 unspecified atom stereocenters. The molecule has 0 aliphatic carbocycles. The Morgan fingerprint density at radius 1 is 1.64 bits per heavy atom. The van der Waals surface area contributed by atoms with E-state index in [0.29, 0.717) is 6.42 Å². The van der Waals surface area contributed by atoms with Gasteiger partial charge in [-0.3, -0.25) is 4.79 Å². The quantitative estimate of drug-likeness (QED) is 0.649. The summed E-state index contributed by atoms with van der Waals surface area (Å²) in [4.78, 5) is 13.7. The van der Waals surface area contributed by atoms with Crippen molar-refractivity contribution in [2.24, 2.45) is 5.73 Å². The summed E-state index contributed by atoms with van der Waals surface area (Å²) in [5, 5.41) is 3.27. The Morgan fingerprint density at radius 2 is 2.36 bits per heavy atom. The molecule has 0 aliphatic rings. The minimum atomic E-state index is -0.281. The second kappa shape index (κ2) is 4.28. The second-order valence-corrected chi connectivity index (χ2v) is 4.10. The predicted octanol–water partition coefficient (Wildman–Crippen LogP) is 0.758. The van der Waals surface area contributed by atoms with E-state index in [0.717, 1.165) is 6.54 Å². The van der Waals surface area contributed by atoms with Gasteiger partial charge in [-0.1, -0.05) is 0 Å². The summed E-state index contributed by atoms with van der Waals surface area (Å²) in [6.45, 7) is 4.67. The van der Waals surface area contributed by atoms with Gasteiger partial charge in [0.05, 0.1) is 0 Å². The minimum absolute atomic E-state index is 0.247. The lowest BCUT2D eigenvalue weighted by molar-refractivity contribution is -0.119. The highest BCUT2D eigenvalue weighted by molar-refractivity contribution is 5.74. The molecule has 0 saturated carbocycles. The molecule has 0 radical (unpaired) electrons. The number of aromatic amines is 1. The smallest absolute Gasteiger partial charge is 0.219 e. The molecule has 4 N–H and O–H groups in total. The average Bonchev–Trinajstić information content (AvgIpc) is 2.50. The molecule has 0 spiro atoms. The topological polar surface area (TPSA) is 70.9 Å². The first-order valence-corrected chi connectivity index (χ1v) is 4.65. The van der Waals surface area contributed by atoms with Crippen LogP contribution >= 0.6 is 0 Å². The zero-order valence-electron chi connectivity index (χ0n) is 8.63. The summed E-state index contributed by atoms with van der Waals surface area (Å²) in [6, 6.07) is 1.99. The van der Waals surface area contributed by atoms with E-state index < -0.39 is 0 Å². The first-order chi connectivity index (χ1) is 6.49. The van der Waals surface area contributed by atoms with Gasteiger partial charge >= 0.3 is 0 Å². The predicted molar refractivity (Wildman–Crippen MR) is 55.5 cm³/mol. The third kappa shape index (κ3) is 3.62. The molecular weight excluding hydrogens is 178 g/mol. The molecule has 1 aromatic heterocycles. The van der Waals surface area contributed by atoms with Gasteiger partial charge in [0, 0.05) is 30.9 Å². The second-order valence-electron chi connectivity index (χ2n) is 4.10. The summed E-state index contributed by atoms with van der Waals surface area (Å²) in [7, 11) is 0. The highest BCUT2D eigenvalue weighted by atomic mass is 16.1. The standard InChI is InChI=1S/C10H17N3O/c1-10(2,5-9(11)14)13-7-8-3-4-12-6-8/h3-4,6,12-13H,5,7H2,1-2H3,(H2,11,14). The lowest BCUT2D eigenvalue weighted by atomic mass is 10.00. The number of hydrogen-bond acceptors (Lipinski definition) is 2. The third-order valence-electron chi connectivity index (χ3n) is 2.05. The fraction of sp³-hybridized carbons (Fsp3) is 0.500. The van der Waals surface area contributed by atoms with E-state index in [1.807, 2.05) is 32.3 Å². The molecule has 0 aliphatic heterocycles. The van der Waals surface area contributed by atoms with Crippen LogP contribution in [0.3, 0.4) is 0 Å². The van der Waals surface area contributed by atoms with Crippen molar-refractivity contribution in [1.29, 1.82) is 0 Å². The summed E-state index contributed by atoms with van der Waals surface area (Å²) < 4.78 is 0. The third-order valence-corrected chi connectivity index (χ3v) is 2.05. The van der Waals surface area contributed by atoms with Gasteiger partial charge in [0.25, 0.3) is 0 Å². The van der Waals surface area contributed by atoms with Crippen LogP contribution in [0.15, 0.2) is 18.5 Å². The normalized spacial score (nSPS) is 11.6. The Labute approximate surface area is 83.9 Å². The molecule has 0 aromatic carbocycles. The molecule has 78 valence electrons. The van der Waals surface area contributed by atoms with Crippen LogP contribution in [0.1, 0.15) is 25.8 Å². The van der Waals surface area contributed by atoms with E-state index in [9.17, 15) is 4.79 Å². The lowest BCUT2D eigenvalue weighted by Gasteiger charge is -2.24. The van der Waals surface area contributed by atoms with Crippen LogP contribution in [0.5, 0.6) is 0 Å². The van der Waals surface area contributed by atoms with Gasteiger partial charge in [0.2, 0.25) is 5.91 Å². The summed E-state index contributed by atoms with van der Waals surface area (Å²) in [6.07, 6.45) is 4.14. The van der Waals surface area contributed by atoms with Crippen LogP contribution in [0, 0.1) is 0 Å². The summed E-state index contributed by atoms with van der Waals surface area (Å²) >= 11 is 0. The first-order valence-electron chi connectivity index (χ1n) is 4.65. The molecule has 4 heteroatoms. The van der Waals surface area contributed by atoms with E-state index >= 15 is 0 Å². The van der Waals surface area contributed by atoms with Gasteiger partial charge in [-0.15, -0.1) is 0 Å². The minimum Gasteiger partial charge on any atom is -0.370 e. The van der Waals surface area contributed by atoms with E-state index in [2.05, 4.69) is 10.3 Å². The summed E-state index contributed by atoms with van der Waals surface area (Å²) in [5.74, 6) is -0.281. The van der Waals surface area contributed by atoms with Crippen molar-refractivity contribution >= 4 is 5.91 Å². The number of nitrogens with one attached hydrogen (secondary N) is 2. The number of primary amides is 1. The van der Waals surface area contributed by atoms with Crippen molar-refractivity contribution in [3.05, 3.63) is 24.0 Å². The highest BCUT2D eigenvalue weighted by Crippen LogP contribution is 2.09. The Morgan fingerprint density at radius 3 is 2.86 bits per heavy atom. The maximum absolute atomic E-state index is 10.8. The molecule has 4 nitrogen and oxygen atoms in total. The van der Waals surface area contributed by atoms with Crippen molar-refractivity contribution in [3.8, 4) is 0 Å². The zero-order valence-corrected chi connectivity index (χ0v) is 8.63. The fourth-order valence-corrected chi connectivity index (χ4v) is 1.31. The van der Waals surface area contributed by atoms with Crippen molar-refractivity contribution < 1.29 is 4.79 Å². The highest BCUT2D eigenvalue weighted by Gasteiger charge is 2.19. The largest absolute Gasteiger partial charge is 0.370 e. The SMILES string of the molecule is CC(C)(CC(N)=O)NCc1cc[nH]c1. The Bertz CT molecular complexity index is 290. The number of nitrogens with two attached hydrogens (primary N) is 1. The molecular formula is C10H17N3O. The van der Waals surface area contributed by atoms with Crippen LogP contribution in [-0.4, -0.2) is 16.4 Å². The van der Waals surface area contributed by atoms with E-state index in [-0.39, 0.29) is 11.4 Å². The Balaban J connectivity index is 2.40. The average molecular weight is 195 g/mol. The Hall–Kier alpha value is -1.29. The molecule has 1 heterocycles. The first kappa shape index (κ1) is 10.8. The monoisotopic (exact) mass is 195 g/mol. The van der Waals surface area contributed by atoms with Gasteiger partial charge < -0.3 is 16.0 Å². The molecule has 0 bridgehead atoms. The van der Waals surface area contributed by atoms with Gasteiger partial charge in [0.15, 0.2) is 0 Å². The van der Waals surface area contributed by atoms with Crippen LogP contribution in [0.25, 0.3) is 0 Å². The number of carbonyl (C=O) groups is 1. The molecule has 1 aromatic rings.